The largest absolute Gasteiger partial charge is 0.481 e. The van der Waals surface area contributed by atoms with Crippen molar-refractivity contribution in [2.45, 2.75) is 6.54 Å². The smallest absolute Gasteiger partial charge is 0.213 e. The van der Waals surface area contributed by atoms with Gasteiger partial charge in [-0.25, -0.2) is 4.98 Å². The fourth-order valence-corrected chi connectivity index (χ4v) is 2.48. The molecule has 0 radical (unpaired) electrons. The van der Waals surface area contributed by atoms with Crippen LogP contribution in [0.15, 0.2) is 53.1 Å². The molecule has 0 amide bonds. The lowest BCUT2D eigenvalue weighted by Gasteiger charge is -2.06. The van der Waals surface area contributed by atoms with Gasteiger partial charge in [0.15, 0.2) is 0 Å². The molecule has 0 aliphatic rings. The lowest BCUT2D eigenvalue weighted by molar-refractivity contribution is 0.396. The van der Waals surface area contributed by atoms with Gasteiger partial charge in [-0.15, -0.1) is 0 Å². The first-order chi connectivity index (χ1) is 9.26. The summed E-state index contributed by atoms with van der Waals surface area (Å²) >= 11 is 3.51. The molecule has 0 saturated heterocycles. The van der Waals surface area contributed by atoms with Crippen LogP contribution in [0, 0.1) is 0 Å². The van der Waals surface area contributed by atoms with Gasteiger partial charge in [0.05, 0.1) is 19.3 Å². The standard InChI is InChI=1S/C15H13BrN2O/c1-19-15-4-2-3-13(17-15)10-18-8-7-11-5-6-12(16)9-14(11)18/h2-9H,10H2,1H3. The second-order valence-electron chi connectivity index (χ2n) is 4.32. The molecule has 0 spiro atoms. The summed E-state index contributed by atoms with van der Waals surface area (Å²) in [6, 6.07) is 14.2. The van der Waals surface area contributed by atoms with Gasteiger partial charge in [0.25, 0.3) is 0 Å². The van der Waals surface area contributed by atoms with E-state index in [-0.39, 0.29) is 0 Å². The molecule has 0 bridgehead atoms. The Balaban J connectivity index is 1.98. The Hall–Kier alpha value is -1.81. The van der Waals surface area contributed by atoms with E-state index in [1.165, 1.54) is 10.9 Å². The van der Waals surface area contributed by atoms with Crippen molar-refractivity contribution in [3.05, 3.63) is 58.8 Å². The predicted molar refractivity (Wildman–Crippen MR) is 79.5 cm³/mol. The lowest BCUT2D eigenvalue weighted by atomic mass is 10.2. The maximum Gasteiger partial charge on any atom is 0.213 e. The quantitative estimate of drug-likeness (QED) is 0.733. The SMILES string of the molecule is COc1cccc(Cn2ccc3ccc(Br)cc32)n1. The molecule has 4 heteroatoms. The van der Waals surface area contributed by atoms with E-state index in [1.807, 2.05) is 18.2 Å². The van der Waals surface area contributed by atoms with Crippen molar-refractivity contribution in [3.63, 3.8) is 0 Å². The highest BCUT2D eigenvalue weighted by molar-refractivity contribution is 9.10. The van der Waals surface area contributed by atoms with E-state index < -0.39 is 0 Å². The summed E-state index contributed by atoms with van der Waals surface area (Å²) in [6.45, 7) is 0.733. The Bertz CT molecular complexity index is 721. The Morgan fingerprint density at radius 3 is 2.95 bits per heavy atom. The molecule has 0 fully saturated rings. The Morgan fingerprint density at radius 2 is 2.11 bits per heavy atom. The summed E-state index contributed by atoms with van der Waals surface area (Å²) in [6.07, 6.45) is 2.08. The first-order valence-corrected chi connectivity index (χ1v) is 6.80. The van der Waals surface area contributed by atoms with Crippen LogP contribution in [0.3, 0.4) is 0 Å². The van der Waals surface area contributed by atoms with E-state index >= 15 is 0 Å². The van der Waals surface area contributed by atoms with Gasteiger partial charge in [-0.1, -0.05) is 28.1 Å². The molecular weight excluding hydrogens is 304 g/mol. The number of halogens is 1. The minimum absolute atomic E-state index is 0.648. The zero-order valence-electron chi connectivity index (χ0n) is 10.5. The number of nitrogens with zero attached hydrogens (tertiary/aromatic N) is 2. The van der Waals surface area contributed by atoms with Crippen molar-refractivity contribution < 1.29 is 4.74 Å². The summed E-state index contributed by atoms with van der Waals surface area (Å²) in [7, 11) is 1.63. The first-order valence-electron chi connectivity index (χ1n) is 6.00. The van der Waals surface area contributed by atoms with Crippen LogP contribution < -0.4 is 4.74 Å². The van der Waals surface area contributed by atoms with Crippen molar-refractivity contribution in [1.29, 1.82) is 0 Å². The molecule has 0 aliphatic carbocycles. The van der Waals surface area contributed by atoms with Gasteiger partial charge in [0, 0.05) is 22.3 Å². The summed E-state index contributed by atoms with van der Waals surface area (Å²) in [4.78, 5) is 4.44. The molecule has 0 atom stereocenters. The van der Waals surface area contributed by atoms with Crippen molar-refractivity contribution in [2.75, 3.05) is 7.11 Å². The van der Waals surface area contributed by atoms with Gasteiger partial charge in [-0.3, -0.25) is 0 Å². The molecule has 0 N–H and O–H groups in total. The number of hydrogen-bond acceptors (Lipinski definition) is 2. The summed E-state index contributed by atoms with van der Waals surface area (Å²) in [5.41, 5.74) is 2.18. The molecule has 3 nitrogen and oxygen atoms in total. The van der Waals surface area contributed by atoms with E-state index in [0.29, 0.717) is 5.88 Å². The van der Waals surface area contributed by atoms with Crippen LogP contribution >= 0.6 is 15.9 Å². The highest BCUT2D eigenvalue weighted by atomic mass is 79.9. The molecule has 0 unspecified atom stereocenters. The molecule has 2 aromatic heterocycles. The van der Waals surface area contributed by atoms with Gasteiger partial charge in [0.2, 0.25) is 5.88 Å². The Kier molecular flexibility index (Phi) is 3.25. The zero-order valence-corrected chi connectivity index (χ0v) is 12.1. The summed E-state index contributed by atoms with van der Waals surface area (Å²) in [5, 5.41) is 1.23. The van der Waals surface area contributed by atoms with E-state index in [0.717, 1.165) is 16.7 Å². The monoisotopic (exact) mass is 316 g/mol. The van der Waals surface area contributed by atoms with Gasteiger partial charge >= 0.3 is 0 Å². The van der Waals surface area contributed by atoms with Gasteiger partial charge in [-0.2, -0.15) is 0 Å². The van der Waals surface area contributed by atoms with Crippen molar-refractivity contribution in [2.24, 2.45) is 0 Å². The number of rotatable bonds is 3. The van der Waals surface area contributed by atoms with Crippen LogP contribution in [0.4, 0.5) is 0 Å². The van der Waals surface area contributed by atoms with Gasteiger partial charge in [-0.05, 0) is 29.7 Å². The van der Waals surface area contributed by atoms with E-state index in [2.05, 4.69) is 55.9 Å². The third kappa shape index (κ3) is 2.49. The normalized spacial score (nSPS) is 10.8. The van der Waals surface area contributed by atoms with E-state index in [4.69, 9.17) is 4.74 Å². The second kappa shape index (κ2) is 5.05. The molecule has 96 valence electrons. The number of benzene rings is 1. The van der Waals surface area contributed by atoms with E-state index in [1.54, 1.807) is 7.11 Å². The average molecular weight is 317 g/mol. The molecule has 0 aliphatic heterocycles. The number of aromatic nitrogens is 2. The Labute approximate surface area is 120 Å². The molecule has 1 aromatic carbocycles. The highest BCUT2D eigenvalue weighted by Crippen LogP contribution is 2.21. The van der Waals surface area contributed by atoms with Crippen molar-refractivity contribution >= 4 is 26.8 Å². The third-order valence-corrected chi connectivity index (χ3v) is 3.55. The maximum absolute atomic E-state index is 5.15. The number of methoxy groups -OCH3 is 1. The lowest BCUT2D eigenvalue weighted by Crippen LogP contribution is -2.01. The van der Waals surface area contributed by atoms with Crippen LogP contribution in [0.25, 0.3) is 10.9 Å². The van der Waals surface area contributed by atoms with Crippen LogP contribution in [0.5, 0.6) is 5.88 Å². The maximum atomic E-state index is 5.15. The van der Waals surface area contributed by atoms with Gasteiger partial charge in [0.1, 0.15) is 0 Å². The third-order valence-electron chi connectivity index (χ3n) is 3.06. The van der Waals surface area contributed by atoms with Crippen molar-refractivity contribution in [1.82, 2.24) is 9.55 Å². The summed E-state index contributed by atoms with van der Waals surface area (Å²) < 4.78 is 8.42. The van der Waals surface area contributed by atoms with E-state index in [9.17, 15) is 0 Å². The number of ether oxygens (including phenoxy) is 1. The fourth-order valence-electron chi connectivity index (χ4n) is 2.13. The summed E-state index contributed by atoms with van der Waals surface area (Å²) in [5.74, 6) is 0.648. The molecule has 3 aromatic rings. The minimum Gasteiger partial charge on any atom is -0.481 e. The number of hydrogen-bond donors (Lipinski definition) is 0. The predicted octanol–water partition coefficient (Wildman–Crippen LogP) is 3.86. The average Bonchev–Trinajstić information content (AvgIpc) is 2.81. The topological polar surface area (TPSA) is 27.1 Å². The number of pyridine rings is 1. The highest BCUT2D eigenvalue weighted by Gasteiger charge is 2.04. The number of fused-ring (bicyclic) bond motifs is 1. The molecular formula is C15H13BrN2O. The van der Waals surface area contributed by atoms with Crippen molar-refractivity contribution in [3.8, 4) is 5.88 Å². The van der Waals surface area contributed by atoms with Crippen LogP contribution in [0.2, 0.25) is 0 Å². The molecule has 19 heavy (non-hydrogen) atoms. The fraction of sp³-hybridized carbons (Fsp3) is 0.133. The minimum atomic E-state index is 0.648. The van der Waals surface area contributed by atoms with Gasteiger partial charge < -0.3 is 9.30 Å². The van der Waals surface area contributed by atoms with Crippen LogP contribution in [0.1, 0.15) is 5.69 Å². The second-order valence-corrected chi connectivity index (χ2v) is 5.23. The molecule has 0 saturated carbocycles. The molecule has 2 heterocycles. The Morgan fingerprint density at radius 1 is 1.21 bits per heavy atom. The van der Waals surface area contributed by atoms with Crippen LogP contribution in [-0.4, -0.2) is 16.7 Å². The first kappa shape index (κ1) is 12.2. The molecule has 3 rings (SSSR count). The van der Waals surface area contributed by atoms with Crippen LogP contribution in [-0.2, 0) is 6.54 Å². The zero-order chi connectivity index (χ0) is 13.2.